The van der Waals surface area contributed by atoms with Crippen molar-refractivity contribution in [3.8, 4) is 0 Å². The van der Waals surface area contributed by atoms with Gasteiger partial charge in [0, 0.05) is 16.0 Å². The van der Waals surface area contributed by atoms with Crippen LogP contribution in [0, 0.1) is 0 Å². The first-order chi connectivity index (χ1) is 11.5. The van der Waals surface area contributed by atoms with E-state index in [2.05, 4.69) is 15.5 Å². The van der Waals surface area contributed by atoms with E-state index < -0.39 is 5.79 Å². The van der Waals surface area contributed by atoms with Gasteiger partial charge in [0.25, 0.3) is 0 Å². The number of amides is 1. The van der Waals surface area contributed by atoms with E-state index in [1.807, 2.05) is 0 Å². The van der Waals surface area contributed by atoms with Crippen LogP contribution in [0.3, 0.4) is 0 Å². The molecular weight excluding hydrogens is 353 g/mol. The van der Waals surface area contributed by atoms with Crippen molar-refractivity contribution in [2.24, 2.45) is 5.10 Å². The minimum Gasteiger partial charge on any atom is -0.347 e. The van der Waals surface area contributed by atoms with Crippen molar-refractivity contribution in [3.63, 3.8) is 0 Å². The van der Waals surface area contributed by atoms with Gasteiger partial charge >= 0.3 is 0 Å². The Labute approximate surface area is 148 Å². The Kier molecular flexibility index (Phi) is 5.01. The fourth-order valence-corrected chi connectivity index (χ4v) is 2.77. The van der Waals surface area contributed by atoms with Gasteiger partial charge in [0.05, 0.1) is 31.4 Å². The summed E-state index contributed by atoms with van der Waals surface area (Å²) in [5.41, 5.74) is 3.73. The van der Waals surface area contributed by atoms with Gasteiger partial charge in [-0.05, 0) is 31.2 Å². The maximum atomic E-state index is 11.9. The second-order valence-electron chi connectivity index (χ2n) is 5.51. The highest BCUT2D eigenvalue weighted by atomic mass is 35.5. The van der Waals surface area contributed by atoms with Crippen molar-refractivity contribution in [1.29, 1.82) is 0 Å². The maximum Gasteiger partial charge on any atom is 0.245 e. The van der Waals surface area contributed by atoms with Crippen LogP contribution in [0.4, 0.5) is 0 Å². The molecule has 1 amide bonds. The molecular formula is C16H15Cl2N3O3. The van der Waals surface area contributed by atoms with Gasteiger partial charge in [-0.25, -0.2) is 10.4 Å². The fourth-order valence-electron chi connectivity index (χ4n) is 2.39. The number of ether oxygens (including phenoxy) is 2. The van der Waals surface area contributed by atoms with E-state index in [1.165, 1.54) is 6.21 Å². The Morgan fingerprint density at radius 1 is 1.38 bits per heavy atom. The molecule has 24 heavy (non-hydrogen) atoms. The first-order valence-electron chi connectivity index (χ1n) is 7.31. The summed E-state index contributed by atoms with van der Waals surface area (Å²) in [7, 11) is 0. The number of nitrogens with zero attached hydrogens (tertiary/aromatic N) is 2. The highest BCUT2D eigenvalue weighted by Crippen LogP contribution is 2.23. The van der Waals surface area contributed by atoms with Crippen molar-refractivity contribution in [2.45, 2.75) is 19.1 Å². The van der Waals surface area contributed by atoms with E-state index >= 15 is 0 Å². The first-order valence-corrected chi connectivity index (χ1v) is 8.06. The van der Waals surface area contributed by atoms with Crippen molar-refractivity contribution in [3.05, 3.63) is 40.0 Å². The molecule has 3 rings (SSSR count). The smallest absolute Gasteiger partial charge is 0.245 e. The van der Waals surface area contributed by atoms with Gasteiger partial charge in [-0.2, -0.15) is 5.10 Å². The molecule has 1 fully saturated rings. The molecule has 8 heteroatoms. The summed E-state index contributed by atoms with van der Waals surface area (Å²) in [6.07, 6.45) is 1.50. The number of benzene rings is 1. The molecule has 0 saturated carbocycles. The number of carbonyl (C=O) groups is 1. The molecule has 0 aliphatic carbocycles. The minimum absolute atomic E-state index is 0.0592. The largest absolute Gasteiger partial charge is 0.347 e. The number of nitrogens with one attached hydrogen (secondary N) is 1. The lowest BCUT2D eigenvalue weighted by molar-refractivity contribution is -0.159. The molecule has 6 nitrogen and oxygen atoms in total. The molecule has 0 unspecified atom stereocenters. The van der Waals surface area contributed by atoms with Crippen LogP contribution in [0.2, 0.25) is 10.2 Å². The second kappa shape index (κ2) is 7.03. The summed E-state index contributed by atoms with van der Waals surface area (Å²) in [4.78, 5) is 16.2. The zero-order valence-corrected chi connectivity index (χ0v) is 14.4. The van der Waals surface area contributed by atoms with Crippen molar-refractivity contribution >= 4 is 46.2 Å². The molecule has 126 valence electrons. The van der Waals surface area contributed by atoms with Crippen LogP contribution < -0.4 is 5.43 Å². The summed E-state index contributed by atoms with van der Waals surface area (Å²) in [6, 6.07) is 7.12. The van der Waals surface area contributed by atoms with Crippen LogP contribution in [0.1, 0.15) is 18.9 Å². The average molecular weight is 368 g/mol. The van der Waals surface area contributed by atoms with Crippen molar-refractivity contribution < 1.29 is 14.3 Å². The minimum atomic E-state index is -0.890. The van der Waals surface area contributed by atoms with Gasteiger partial charge in [-0.1, -0.05) is 23.2 Å². The third-order valence-corrected chi connectivity index (χ3v) is 4.07. The Morgan fingerprint density at radius 3 is 2.88 bits per heavy atom. The zero-order chi connectivity index (χ0) is 17.2. The monoisotopic (exact) mass is 367 g/mol. The number of rotatable bonds is 4. The average Bonchev–Trinajstić information content (AvgIpc) is 2.94. The lowest BCUT2D eigenvalue weighted by Crippen LogP contribution is -2.33. The van der Waals surface area contributed by atoms with Gasteiger partial charge in [0.2, 0.25) is 5.91 Å². The Balaban J connectivity index is 1.68. The number of pyridine rings is 1. The summed E-state index contributed by atoms with van der Waals surface area (Å²) in [5, 5.41) is 5.64. The second-order valence-corrected chi connectivity index (χ2v) is 6.30. The number of aromatic nitrogens is 1. The number of fused-ring (bicyclic) bond motifs is 1. The zero-order valence-electron chi connectivity index (χ0n) is 12.9. The van der Waals surface area contributed by atoms with Crippen LogP contribution in [-0.4, -0.2) is 36.1 Å². The molecule has 1 aliphatic rings. The highest BCUT2D eigenvalue weighted by Gasteiger charge is 2.33. The maximum absolute atomic E-state index is 11.9. The molecule has 0 bridgehead atoms. The number of carbonyl (C=O) groups excluding carboxylic acids is 1. The molecule has 1 aromatic heterocycles. The SMILES string of the molecule is CC1(CC(=O)N/N=C\c2cc3cc(Cl)ccc3nc2Cl)OCCO1. The topological polar surface area (TPSA) is 72.8 Å². The third-order valence-electron chi connectivity index (χ3n) is 3.53. The van der Waals surface area contributed by atoms with Crippen LogP contribution in [-0.2, 0) is 14.3 Å². The standard InChI is InChI=1S/C16H15Cl2N3O3/c1-16(23-4-5-24-16)8-14(22)21-19-9-11-6-10-7-12(17)2-3-13(10)20-15(11)18/h2-3,6-7,9H,4-5,8H2,1H3,(H,21,22)/b19-9-. The Bertz CT molecular complexity index is 804. The van der Waals surface area contributed by atoms with E-state index in [1.54, 1.807) is 31.2 Å². The van der Waals surface area contributed by atoms with E-state index in [0.717, 1.165) is 10.9 Å². The molecule has 2 heterocycles. The van der Waals surface area contributed by atoms with Gasteiger partial charge in [0.1, 0.15) is 5.15 Å². The summed E-state index contributed by atoms with van der Waals surface area (Å²) in [6.45, 7) is 2.68. The van der Waals surface area contributed by atoms with Gasteiger partial charge in [0.15, 0.2) is 5.79 Å². The summed E-state index contributed by atoms with van der Waals surface area (Å²) >= 11 is 12.1. The lowest BCUT2D eigenvalue weighted by atomic mass is 10.2. The predicted molar refractivity (Wildman–Crippen MR) is 92.4 cm³/mol. The number of hydrazone groups is 1. The summed E-state index contributed by atoms with van der Waals surface area (Å²) in [5.74, 6) is -1.21. The van der Waals surface area contributed by atoms with E-state index in [4.69, 9.17) is 32.7 Å². The molecule has 0 spiro atoms. The predicted octanol–water partition coefficient (Wildman–Crippen LogP) is 3.14. The van der Waals surface area contributed by atoms with Crippen molar-refractivity contribution in [2.75, 3.05) is 13.2 Å². The quantitative estimate of drug-likeness (QED) is 0.511. The van der Waals surface area contributed by atoms with Crippen LogP contribution in [0.15, 0.2) is 29.4 Å². The van der Waals surface area contributed by atoms with Gasteiger partial charge in [-0.15, -0.1) is 0 Å². The number of halogens is 2. The lowest BCUT2D eigenvalue weighted by Gasteiger charge is -2.20. The molecule has 1 N–H and O–H groups in total. The molecule has 0 atom stereocenters. The van der Waals surface area contributed by atoms with Crippen molar-refractivity contribution in [1.82, 2.24) is 10.4 Å². The van der Waals surface area contributed by atoms with E-state index in [0.29, 0.717) is 23.8 Å². The highest BCUT2D eigenvalue weighted by molar-refractivity contribution is 6.33. The normalized spacial score (nSPS) is 16.8. The van der Waals surface area contributed by atoms with E-state index in [9.17, 15) is 4.79 Å². The van der Waals surface area contributed by atoms with Crippen LogP contribution >= 0.6 is 23.2 Å². The molecule has 1 aliphatic heterocycles. The first kappa shape index (κ1) is 17.1. The van der Waals surface area contributed by atoms with Crippen LogP contribution in [0.5, 0.6) is 0 Å². The van der Waals surface area contributed by atoms with Gasteiger partial charge in [-0.3, -0.25) is 4.79 Å². The Morgan fingerprint density at radius 2 is 2.12 bits per heavy atom. The number of hydrogen-bond acceptors (Lipinski definition) is 5. The summed E-state index contributed by atoms with van der Waals surface area (Å²) < 4.78 is 10.8. The number of hydrogen-bond donors (Lipinski definition) is 1. The van der Waals surface area contributed by atoms with Crippen LogP contribution in [0.25, 0.3) is 10.9 Å². The fraction of sp³-hybridized carbons (Fsp3) is 0.312. The third kappa shape index (κ3) is 4.02. The molecule has 1 saturated heterocycles. The Hall–Kier alpha value is -1.73. The molecule has 1 aromatic carbocycles. The molecule has 0 radical (unpaired) electrons. The van der Waals surface area contributed by atoms with Gasteiger partial charge < -0.3 is 9.47 Å². The van der Waals surface area contributed by atoms with E-state index in [-0.39, 0.29) is 17.5 Å². The molecule has 2 aromatic rings.